The van der Waals surface area contributed by atoms with Crippen molar-refractivity contribution in [3.8, 4) is 0 Å². The molecule has 0 saturated carbocycles. The molecule has 1 saturated heterocycles. The Morgan fingerprint density at radius 1 is 1.35 bits per heavy atom. The highest BCUT2D eigenvalue weighted by atomic mass is 32.2. The summed E-state index contributed by atoms with van der Waals surface area (Å²) >= 11 is 0. The van der Waals surface area contributed by atoms with Crippen LogP contribution in [0.4, 0.5) is 0 Å². The third-order valence-electron chi connectivity index (χ3n) is 4.18. The van der Waals surface area contributed by atoms with Gasteiger partial charge in [-0.3, -0.25) is 0 Å². The molecule has 0 aromatic rings. The first-order valence-corrected chi connectivity index (χ1v) is 8.13. The van der Waals surface area contributed by atoms with Crippen LogP contribution in [-0.4, -0.2) is 43.4 Å². The number of aliphatic hydroxyl groups excluding tert-OH is 2. The van der Waals surface area contributed by atoms with Crippen molar-refractivity contribution in [1.29, 1.82) is 0 Å². The molecule has 2 unspecified atom stereocenters. The molecular formula is C12H24O4S. The van der Waals surface area contributed by atoms with Crippen LogP contribution in [0.25, 0.3) is 0 Å². The van der Waals surface area contributed by atoms with Crippen LogP contribution in [0.15, 0.2) is 0 Å². The van der Waals surface area contributed by atoms with E-state index in [1.54, 1.807) is 0 Å². The Morgan fingerprint density at radius 3 is 2.29 bits per heavy atom. The van der Waals surface area contributed by atoms with Gasteiger partial charge in [-0.25, -0.2) is 8.42 Å². The maximum Gasteiger partial charge on any atom is 0.150 e. The Labute approximate surface area is 104 Å². The smallest absolute Gasteiger partial charge is 0.150 e. The molecule has 0 aromatic carbocycles. The highest BCUT2D eigenvalue weighted by Gasteiger charge is 2.44. The lowest BCUT2D eigenvalue weighted by molar-refractivity contribution is -0.00641. The number of aliphatic hydroxyl groups is 2. The molecule has 0 radical (unpaired) electrons. The Morgan fingerprint density at radius 2 is 1.94 bits per heavy atom. The molecule has 1 aliphatic rings. The van der Waals surface area contributed by atoms with Gasteiger partial charge in [0.1, 0.15) is 0 Å². The molecule has 2 atom stereocenters. The van der Waals surface area contributed by atoms with E-state index in [1.807, 2.05) is 0 Å². The van der Waals surface area contributed by atoms with Crippen molar-refractivity contribution in [2.24, 2.45) is 17.3 Å². The molecule has 2 N–H and O–H groups in total. The van der Waals surface area contributed by atoms with E-state index in [9.17, 15) is 18.6 Å². The van der Waals surface area contributed by atoms with Crippen LogP contribution in [-0.2, 0) is 9.84 Å². The minimum absolute atomic E-state index is 0.100. The van der Waals surface area contributed by atoms with Crippen molar-refractivity contribution < 1.29 is 18.6 Å². The van der Waals surface area contributed by atoms with Crippen LogP contribution in [0.3, 0.4) is 0 Å². The summed E-state index contributed by atoms with van der Waals surface area (Å²) in [6.45, 7) is 3.88. The molecule has 102 valence electrons. The summed E-state index contributed by atoms with van der Waals surface area (Å²) < 4.78 is 23.0. The van der Waals surface area contributed by atoms with Gasteiger partial charge in [-0.15, -0.1) is 0 Å². The van der Waals surface area contributed by atoms with E-state index in [4.69, 9.17) is 0 Å². The van der Waals surface area contributed by atoms with E-state index >= 15 is 0 Å². The molecule has 0 bridgehead atoms. The van der Waals surface area contributed by atoms with Crippen molar-refractivity contribution in [3.05, 3.63) is 0 Å². The van der Waals surface area contributed by atoms with Crippen molar-refractivity contribution in [1.82, 2.24) is 0 Å². The zero-order valence-electron chi connectivity index (χ0n) is 10.7. The number of hydrogen-bond donors (Lipinski definition) is 2. The Hall–Kier alpha value is -0.130. The van der Waals surface area contributed by atoms with Crippen molar-refractivity contribution in [2.45, 2.75) is 33.1 Å². The largest absolute Gasteiger partial charge is 0.396 e. The van der Waals surface area contributed by atoms with Gasteiger partial charge in [-0.2, -0.15) is 0 Å². The summed E-state index contributed by atoms with van der Waals surface area (Å²) in [5, 5.41) is 19.2. The highest BCUT2D eigenvalue weighted by Crippen LogP contribution is 2.40. The first-order valence-electron chi connectivity index (χ1n) is 6.31. The van der Waals surface area contributed by atoms with Gasteiger partial charge in [0, 0.05) is 5.41 Å². The molecule has 1 rings (SSSR count). The van der Waals surface area contributed by atoms with Crippen molar-refractivity contribution in [3.63, 3.8) is 0 Å². The molecule has 0 spiro atoms. The maximum absolute atomic E-state index is 11.5. The molecule has 1 aliphatic heterocycles. The average molecular weight is 264 g/mol. The molecule has 4 nitrogen and oxygen atoms in total. The minimum Gasteiger partial charge on any atom is -0.396 e. The second kappa shape index (κ2) is 5.67. The van der Waals surface area contributed by atoms with Gasteiger partial charge in [0.15, 0.2) is 9.84 Å². The van der Waals surface area contributed by atoms with E-state index in [0.717, 1.165) is 6.42 Å². The number of hydrogen-bond acceptors (Lipinski definition) is 4. The fourth-order valence-electron chi connectivity index (χ4n) is 2.72. The first-order chi connectivity index (χ1) is 7.89. The number of sulfone groups is 1. The van der Waals surface area contributed by atoms with Gasteiger partial charge in [0.25, 0.3) is 0 Å². The van der Waals surface area contributed by atoms with E-state index in [2.05, 4.69) is 13.8 Å². The maximum atomic E-state index is 11.5. The van der Waals surface area contributed by atoms with E-state index < -0.39 is 15.3 Å². The zero-order valence-corrected chi connectivity index (χ0v) is 11.5. The monoisotopic (exact) mass is 264 g/mol. The molecule has 1 fully saturated rings. The van der Waals surface area contributed by atoms with Crippen LogP contribution in [0.1, 0.15) is 33.1 Å². The summed E-state index contributed by atoms with van der Waals surface area (Å²) in [6, 6.07) is 0. The lowest BCUT2D eigenvalue weighted by Crippen LogP contribution is -2.40. The fraction of sp³-hybridized carbons (Fsp3) is 1.00. The predicted molar refractivity (Wildman–Crippen MR) is 67.4 cm³/mol. The molecule has 0 aromatic heterocycles. The third-order valence-corrected chi connectivity index (χ3v) is 5.95. The summed E-state index contributed by atoms with van der Waals surface area (Å²) in [6.07, 6.45) is 2.23. The van der Waals surface area contributed by atoms with Crippen LogP contribution >= 0.6 is 0 Å². The van der Waals surface area contributed by atoms with Gasteiger partial charge >= 0.3 is 0 Å². The normalized spacial score (nSPS) is 26.0. The van der Waals surface area contributed by atoms with E-state index in [1.165, 1.54) is 0 Å². The van der Waals surface area contributed by atoms with Crippen molar-refractivity contribution in [2.75, 3.05) is 24.7 Å². The SMILES string of the molecule is CCC(C)CC(CO)(CO)C1CCS(=O)(=O)C1. The minimum atomic E-state index is -2.96. The second-order valence-electron chi connectivity index (χ2n) is 5.50. The molecule has 0 amide bonds. The summed E-state index contributed by atoms with van der Waals surface area (Å²) in [5.41, 5.74) is -0.626. The van der Waals surface area contributed by atoms with Gasteiger partial charge in [0.05, 0.1) is 24.7 Å². The third kappa shape index (κ3) is 3.42. The van der Waals surface area contributed by atoms with E-state index in [0.29, 0.717) is 18.8 Å². The summed E-state index contributed by atoms with van der Waals surface area (Å²) in [5.74, 6) is 0.596. The summed E-state index contributed by atoms with van der Waals surface area (Å²) in [7, 11) is -2.96. The van der Waals surface area contributed by atoms with E-state index in [-0.39, 0.29) is 30.6 Å². The summed E-state index contributed by atoms with van der Waals surface area (Å²) in [4.78, 5) is 0. The van der Waals surface area contributed by atoms with Gasteiger partial charge in [-0.1, -0.05) is 20.3 Å². The second-order valence-corrected chi connectivity index (χ2v) is 7.72. The quantitative estimate of drug-likeness (QED) is 0.745. The van der Waals surface area contributed by atoms with Crippen LogP contribution in [0, 0.1) is 17.3 Å². The first kappa shape index (κ1) is 14.9. The predicted octanol–water partition coefficient (Wildman–Crippen LogP) is 0.828. The Kier molecular flexibility index (Phi) is 4.98. The van der Waals surface area contributed by atoms with Gasteiger partial charge < -0.3 is 10.2 Å². The van der Waals surface area contributed by atoms with Gasteiger partial charge in [0.2, 0.25) is 0 Å². The molecule has 1 heterocycles. The lowest BCUT2D eigenvalue weighted by Gasteiger charge is -2.37. The van der Waals surface area contributed by atoms with Crippen LogP contribution in [0.2, 0.25) is 0 Å². The average Bonchev–Trinajstić information content (AvgIpc) is 2.66. The van der Waals surface area contributed by atoms with Crippen molar-refractivity contribution >= 4 is 9.84 Å². The molecule has 17 heavy (non-hydrogen) atoms. The molecular weight excluding hydrogens is 240 g/mol. The Bertz CT molecular complexity index is 332. The zero-order chi connectivity index (χ0) is 13.1. The number of rotatable bonds is 6. The molecule has 0 aliphatic carbocycles. The van der Waals surface area contributed by atoms with Crippen LogP contribution in [0.5, 0.6) is 0 Å². The standard InChI is InChI=1S/C12H24O4S/c1-3-10(2)6-12(8-13,9-14)11-4-5-17(15,16)7-11/h10-11,13-14H,3-9H2,1-2H3. The van der Waals surface area contributed by atoms with Gasteiger partial charge in [-0.05, 0) is 24.7 Å². The highest BCUT2D eigenvalue weighted by molar-refractivity contribution is 7.91. The lowest BCUT2D eigenvalue weighted by atomic mass is 9.70. The Balaban J connectivity index is 2.84. The topological polar surface area (TPSA) is 74.6 Å². The molecule has 5 heteroatoms. The van der Waals surface area contributed by atoms with Crippen LogP contribution < -0.4 is 0 Å². The fourth-order valence-corrected chi connectivity index (χ4v) is 4.66.